The predicted molar refractivity (Wildman–Crippen MR) is 143 cm³/mol. The molecular formula is C29H21BrN2O7. The number of phenolic OH excluding ortho intramolecular Hbond substituents is 1. The summed E-state index contributed by atoms with van der Waals surface area (Å²) in [7, 11) is 0. The van der Waals surface area contributed by atoms with Gasteiger partial charge in [-0.25, -0.2) is 0 Å². The van der Waals surface area contributed by atoms with Crippen LogP contribution in [0.3, 0.4) is 0 Å². The minimum Gasteiger partial charge on any atom is -0.508 e. The second-order valence-electron chi connectivity index (χ2n) is 10.2. The standard InChI is InChI=1S/C29H21BrN2O7/c1-13-10-23(34)21-12-19-17(24(26(21)27(13)35)20-11-14(30)2-9-22(20)33)7-8-18-25(19)29(37)31(28(18)36)15-3-5-16(6-4-15)32(38)39/h2-7,9-11,18-19,24-25,33H,8,12H2,1H3. The summed E-state index contributed by atoms with van der Waals surface area (Å²) in [5, 5.41) is 21.9. The molecule has 0 aromatic heterocycles. The van der Waals surface area contributed by atoms with Gasteiger partial charge in [0.2, 0.25) is 11.8 Å². The number of aromatic hydroxyl groups is 1. The van der Waals surface area contributed by atoms with Gasteiger partial charge in [0, 0.05) is 44.8 Å². The highest BCUT2D eigenvalue weighted by Crippen LogP contribution is 2.56. The number of benzene rings is 2. The van der Waals surface area contributed by atoms with Gasteiger partial charge in [-0.2, -0.15) is 0 Å². The molecule has 2 amide bonds. The van der Waals surface area contributed by atoms with Crippen LogP contribution in [0.15, 0.2) is 81.4 Å². The molecule has 1 fully saturated rings. The molecule has 1 saturated heterocycles. The Morgan fingerprint density at radius 3 is 2.44 bits per heavy atom. The summed E-state index contributed by atoms with van der Waals surface area (Å²) in [6.07, 6.45) is 3.54. The van der Waals surface area contributed by atoms with Gasteiger partial charge in [0.15, 0.2) is 11.6 Å². The average Bonchev–Trinajstić information content (AvgIpc) is 3.17. The summed E-state index contributed by atoms with van der Waals surface area (Å²) in [5.41, 5.74) is 2.15. The van der Waals surface area contributed by atoms with E-state index in [0.29, 0.717) is 26.8 Å². The monoisotopic (exact) mass is 588 g/mol. The number of hydrogen-bond acceptors (Lipinski definition) is 7. The van der Waals surface area contributed by atoms with Crippen molar-refractivity contribution in [2.45, 2.75) is 25.7 Å². The van der Waals surface area contributed by atoms with Crippen LogP contribution < -0.4 is 4.90 Å². The molecule has 1 heterocycles. The van der Waals surface area contributed by atoms with Crippen LogP contribution in [0, 0.1) is 27.9 Å². The molecule has 1 aliphatic heterocycles. The molecule has 39 heavy (non-hydrogen) atoms. The van der Waals surface area contributed by atoms with Gasteiger partial charge in [0.05, 0.1) is 22.4 Å². The van der Waals surface area contributed by atoms with E-state index in [9.17, 15) is 34.4 Å². The number of nitro groups is 1. The number of nitro benzene ring substituents is 1. The summed E-state index contributed by atoms with van der Waals surface area (Å²) in [5.74, 6) is -4.26. The first-order valence-electron chi connectivity index (χ1n) is 12.4. The number of non-ortho nitro benzene ring substituents is 1. The molecule has 1 N–H and O–H groups in total. The summed E-state index contributed by atoms with van der Waals surface area (Å²) < 4.78 is 0.673. The lowest BCUT2D eigenvalue weighted by Gasteiger charge is -2.42. The zero-order chi connectivity index (χ0) is 27.7. The fourth-order valence-corrected chi connectivity index (χ4v) is 6.83. The van der Waals surface area contributed by atoms with Gasteiger partial charge in [-0.15, -0.1) is 0 Å². The normalized spacial score (nSPS) is 26.2. The van der Waals surface area contributed by atoms with E-state index in [0.717, 1.165) is 10.5 Å². The van der Waals surface area contributed by atoms with Gasteiger partial charge in [0.1, 0.15) is 5.75 Å². The number of halogens is 1. The maximum absolute atomic E-state index is 13.9. The van der Waals surface area contributed by atoms with Crippen LogP contribution in [0.4, 0.5) is 11.4 Å². The molecule has 0 saturated carbocycles. The third-order valence-corrected chi connectivity index (χ3v) is 8.68. The number of Topliss-reactive ketones (excluding diaryl/α,β-unsaturated/α-hetero) is 1. The number of nitrogens with zero attached hydrogens (tertiary/aromatic N) is 2. The van der Waals surface area contributed by atoms with E-state index in [-0.39, 0.29) is 41.5 Å². The van der Waals surface area contributed by atoms with Gasteiger partial charge < -0.3 is 5.11 Å². The first-order valence-corrected chi connectivity index (χ1v) is 13.2. The van der Waals surface area contributed by atoms with E-state index >= 15 is 0 Å². The van der Waals surface area contributed by atoms with E-state index in [1.807, 2.05) is 6.08 Å². The van der Waals surface area contributed by atoms with Gasteiger partial charge in [-0.05, 0) is 62.1 Å². The van der Waals surface area contributed by atoms with Crippen molar-refractivity contribution >= 4 is 50.7 Å². The highest BCUT2D eigenvalue weighted by molar-refractivity contribution is 9.10. The SMILES string of the molecule is CC1=CC(=O)C2=C(C1=O)C(c1cc(Br)ccc1O)C1=CCC3C(=O)N(c4ccc([N+](=O)[O-])cc4)C(=O)C3C1C2. The maximum atomic E-state index is 13.9. The third kappa shape index (κ3) is 3.73. The highest BCUT2D eigenvalue weighted by Gasteiger charge is 2.56. The quantitative estimate of drug-likeness (QED) is 0.180. The first-order chi connectivity index (χ1) is 18.6. The summed E-state index contributed by atoms with van der Waals surface area (Å²) >= 11 is 3.43. The van der Waals surface area contributed by atoms with E-state index in [2.05, 4.69) is 15.9 Å². The number of imide groups is 1. The van der Waals surface area contributed by atoms with Crippen LogP contribution >= 0.6 is 15.9 Å². The second-order valence-corrected chi connectivity index (χ2v) is 11.1. The van der Waals surface area contributed by atoms with Gasteiger partial charge >= 0.3 is 0 Å². The van der Waals surface area contributed by atoms with Gasteiger partial charge in [0.25, 0.3) is 5.69 Å². The molecule has 3 aliphatic carbocycles. The number of ketones is 2. The highest BCUT2D eigenvalue weighted by atomic mass is 79.9. The fraction of sp³-hybridized carbons (Fsp3) is 0.241. The lowest BCUT2D eigenvalue weighted by molar-refractivity contribution is -0.384. The number of carbonyl (C=O) groups is 4. The molecule has 4 aliphatic rings. The number of carbonyl (C=O) groups excluding carboxylic acids is 4. The molecule has 0 bridgehead atoms. The molecule has 2 aromatic rings. The Balaban J connectivity index is 1.47. The van der Waals surface area contributed by atoms with Crippen LogP contribution in [-0.2, 0) is 19.2 Å². The van der Waals surface area contributed by atoms with Gasteiger partial charge in [-0.1, -0.05) is 27.6 Å². The Morgan fingerprint density at radius 1 is 1.03 bits per heavy atom. The smallest absolute Gasteiger partial charge is 0.269 e. The van der Waals surface area contributed by atoms with Gasteiger partial charge in [-0.3, -0.25) is 34.2 Å². The number of fused-ring (bicyclic) bond motifs is 3. The Bertz CT molecular complexity index is 1620. The summed E-state index contributed by atoms with van der Waals surface area (Å²) in [6, 6.07) is 10.1. The molecule has 10 heteroatoms. The fourth-order valence-electron chi connectivity index (χ4n) is 6.45. The Kier molecular flexibility index (Phi) is 5.76. The Morgan fingerprint density at radius 2 is 1.74 bits per heavy atom. The molecular weight excluding hydrogens is 568 g/mol. The molecule has 4 atom stereocenters. The van der Waals surface area contributed by atoms with Crippen molar-refractivity contribution < 1.29 is 29.2 Å². The van der Waals surface area contributed by atoms with E-state index in [1.165, 1.54) is 36.4 Å². The summed E-state index contributed by atoms with van der Waals surface area (Å²) in [6.45, 7) is 1.58. The number of anilines is 1. The minimum absolute atomic E-state index is 0.0486. The predicted octanol–water partition coefficient (Wildman–Crippen LogP) is 4.70. The van der Waals surface area contributed by atoms with Crippen LogP contribution in [0.25, 0.3) is 0 Å². The maximum Gasteiger partial charge on any atom is 0.269 e. The van der Waals surface area contributed by atoms with Crippen molar-refractivity contribution in [3.05, 3.63) is 97.1 Å². The van der Waals surface area contributed by atoms with Crippen LogP contribution in [0.1, 0.15) is 31.2 Å². The van der Waals surface area contributed by atoms with Crippen LogP contribution in [0.5, 0.6) is 5.75 Å². The Hall–Kier alpha value is -4.18. The summed E-state index contributed by atoms with van der Waals surface area (Å²) in [4.78, 5) is 65.6. The lowest BCUT2D eigenvalue weighted by Crippen LogP contribution is -2.39. The van der Waals surface area contributed by atoms with Crippen molar-refractivity contribution in [2.24, 2.45) is 17.8 Å². The molecule has 196 valence electrons. The number of amides is 2. The molecule has 0 radical (unpaired) electrons. The molecule has 6 rings (SSSR count). The number of allylic oxidation sites excluding steroid dienone is 6. The van der Waals surface area contributed by atoms with Crippen molar-refractivity contribution in [2.75, 3.05) is 4.90 Å². The zero-order valence-corrected chi connectivity index (χ0v) is 22.2. The largest absolute Gasteiger partial charge is 0.508 e. The second kappa shape index (κ2) is 8.94. The number of rotatable bonds is 3. The zero-order valence-electron chi connectivity index (χ0n) is 20.6. The van der Waals surface area contributed by atoms with Crippen molar-refractivity contribution in [1.82, 2.24) is 0 Å². The van der Waals surface area contributed by atoms with Crippen molar-refractivity contribution in [1.29, 1.82) is 0 Å². The lowest BCUT2D eigenvalue weighted by atomic mass is 9.59. The molecule has 2 aromatic carbocycles. The molecule has 4 unspecified atom stereocenters. The van der Waals surface area contributed by atoms with Crippen LogP contribution in [-0.4, -0.2) is 33.4 Å². The average molecular weight is 589 g/mol. The van der Waals surface area contributed by atoms with E-state index in [1.54, 1.807) is 19.1 Å². The van der Waals surface area contributed by atoms with Crippen molar-refractivity contribution in [3.8, 4) is 5.75 Å². The van der Waals surface area contributed by atoms with Crippen molar-refractivity contribution in [3.63, 3.8) is 0 Å². The third-order valence-electron chi connectivity index (χ3n) is 8.18. The number of hydrogen-bond donors (Lipinski definition) is 1. The minimum atomic E-state index is -0.784. The van der Waals surface area contributed by atoms with E-state index < -0.39 is 40.4 Å². The molecule has 0 spiro atoms. The first kappa shape index (κ1) is 25.1. The topological polar surface area (TPSA) is 135 Å². The van der Waals surface area contributed by atoms with Crippen LogP contribution in [0.2, 0.25) is 0 Å². The Labute approximate surface area is 230 Å². The van der Waals surface area contributed by atoms with E-state index in [4.69, 9.17) is 0 Å². The molecule has 9 nitrogen and oxygen atoms in total. The number of phenols is 1.